The first-order valence-electron chi connectivity index (χ1n) is 6.89. The Kier molecular flexibility index (Phi) is 9.98. The van der Waals surface area contributed by atoms with Crippen molar-refractivity contribution in [2.45, 2.75) is 18.1 Å². The molecule has 0 aromatic rings. The predicted octanol–water partition coefficient (Wildman–Crippen LogP) is 1.07. The van der Waals surface area contributed by atoms with Gasteiger partial charge < -0.3 is 14.8 Å². The Bertz CT molecular complexity index is 182. The molecule has 0 unspecified atom stereocenters. The molecule has 0 atom stereocenters. The van der Waals surface area contributed by atoms with E-state index in [1.54, 1.807) is 14.2 Å². The number of nitrogens with one attached hydrogen (secondary N) is 1. The lowest BCUT2D eigenvalue weighted by atomic mass is 10.2. The summed E-state index contributed by atoms with van der Waals surface area (Å²) in [6.07, 6.45) is 2.64. The van der Waals surface area contributed by atoms with Gasteiger partial charge in [-0.2, -0.15) is 11.8 Å². The number of thioether (sulfide) groups is 1. The van der Waals surface area contributed by atoms with Gasteiger partial charge in [0.05, 0.1) is 13.2 Å². The van der Waals surface area contributed by atoms with Crippen LogP contribution in [0, 0.1) is 0 Å². The van der Waals surface area contributed by atoms with Gasteiger partial charge >= 0.3 is 0 Å². The minimum absolute atomic E-state index is 0.807. The second-order valence-corrected chi connectivity index (χ2v) is 6.06. The summed E-state index contributed by atoms with van der Waals surface area (Å²) in [5, 5.41) is 4.27. The molecule has 1 aliphatic rings. The quantitative estimate of drug-likeness (QED) is 0.645. The van der Waals surface area contributed by atoms with Crippen LogP contribution in [-0.2, 0) is 9.47 Å². The van der Waals surface area contributed by atoms with Crippen LogP contribution in [0.3, 0.4) is 0 Å². The van der Waals surface area contributed by atoms with Gasteiger partial charge in [-0.05, 0) is 25.9 Å². The monoisotopic (exact) mass is 276 g/mol. The maximum absolute atomic E-state index is 5.15. The topological polar surface area (TPSA) is 33.7 Å². The van der Waals surface area contributed by atoms with Crippen LogP contribution in [0.15, 0.2) is 0 Å². The molecule has 1 rings (SSSR count). The molecule has 108 valence electrons. The molecule has 1 N–H and O–H groups in total. The zero-order valence-corrected chi connectivity index (χ0v) is 12.6. The van der Waals surface area contributed by atoms with E-state index in [0.717, 1.165) is 38.1 Å². The normalized spacial score (nSPS) is 17.5. The summed E-state index contributed by atoms with van der Waals surface area (Å²) < 4.78 is 10.3. The molecule has 18 heavy (non-hydrogen) atoms. The predicted molar refractivity (Wildman–Crippen MR) is 78.5 cm³/mol. The first-order chi connectivity index (χ1) is 8.86. The highest BCUT2D eigenvalue weighted by Gasteiger charge is 2.13. The number of methoxy groups -OCH3 is 2. The van der Waals surface area contributed by atoms with Crippen molar-refractivity contribution in [3.8, 4) is 0 Å². The molecule has 0 aromatic heterocycles. The Labute approximate surface area is 116 Å². The minimum atomic E-state index is 0.807. The molecule has 0 amide bonds. The maximum Gasteiger partial charge on any atom is 0.0589 e. The minimum Gasteiger partial charge on any atom is -0.383 e. The first kappa shape index (κ1) is 16.2. The van der Waals surface area contributed by atoms with E-state index in [2.05, 4.69) is 22.0 Å². The summed E-state index contributed by atoms with van der Waals surface area (Å²) in [5.41, 5.74) is 0. The van der Waals surface area contributed by atoms with Crippen molar-refractivity contribution in [3.05, 3.63) is 0 Å². The van der Waals surface area contributed by atoms with Crippen molar-refractivity contribution in [1.82, 2.24) is 10.2 Å². The van der Waals surface area contributed by atoms with Crippen molar-refractivity contribution in [1.29, 1.82) is 0 Å². The van der Waals surface area contributed by atoms with Crippen molar-refractivity contribution in [2.24, 2.45) is 0 Å². The molecule has 0 spiro atoms. The second kappa shape index (κ2) is 11.1. The van der Waals surface area contributed by atoms with E-state index in [9.17, 15) is 0 Å². The van der Waals surface area contributed by atoms with Crippen molar-refractivity contribution < 1.29 is 9.47 Å². The van der Waals surface area contributed by atoms with Crippen LogP contribution < -0.4 is 5.32 Å². The van der Waals surface area contributed by atoms with E-state index < -0.39 is 0 Å². The van der Waals surface area contributed by atoms with E-state index >= 15 is 0 Å². The number of ether oxygens (including phenoxy) is 2. The molecule has 0 radical (unpaired) electrons. The maximum atomic E-state index is 5.15. The van der Waals surface area contributed by atoms with Gasteiger partial charge in [0.25, 0.3) is 0 Å². The number of nitrogens with zero attached hydrogens (tertiary/aromatic N) is 1. The van der Waals surface area contributed by atoms with E-state index in [1.165, 1.54) is 31.7 Å². The second-order valence-electron chi connectivity index (χ2n) is 4.65. The average Bonchev–Trinajstić information content (AvgIpc) is 2.42. The van der Waals surface area contributed by atoms with Crippen LogP contribution in [0.25, 0.3) is 0 Å². The Hall–Kier alpha value is 0.190. The van der Waals surface area contributed by atoms with Gasteiger partial charge in [-0.3, -0.25) is 4.90 Å². The third kappa shape index (κ3) is 7.59. The standard InChI is InChI=1S/C13H28N2O2S/c1-16-10-7-15(8-11-17-2)9-12-18-13-3-5-14-6-4-13/h13-14H,3-12H2,1-2H3. The summed E-state index contributed by atoms with van der Waals surface area (Å²) in [4.78, 5) is 2.43. The number of piperidine rings is 1. The molecule has 0 aliphatic carbocycles. The molecule has 4 nitrogen and oxygen atoms in total. The van der Waals surface area contributed by atoms with Gasteiger partial charge in [0.2, 0.25) is 0 Å². The molecule has 0 saturated carbocycles. The van der Waals surface area contributed by atoms with E-state index in [-0.39, 0.29) is 0 Å². The lowest BCUT2D eigenvalue weighted by Gasteiger charge is -2.25. The lowest BCUT2D eigenvalue weighted by molar-refractivity contribution is 0.118. The van der Waals surface area contributed by atoms with Crippen molar-refractivity contribution in [2.75, 3.05) is 65.9 Å². The van der Waals surface area contributed by atoms with Crippen LogP contribution in [0.5, 0.6) is 0 Å². The lowest BCUT2D eigenvalue weighted by Crippen LogP contribution is -2.34. The average molecular weight is 276 g/mol. The van der Waals surface area contributed by atoms with Crippen molar-refractivity contribution in [3.63, 3.8) is 0 Å². The Morgan fingerprint density at radius 3 is 2.22 bits per heavy atom. The van der Waals surface area contributed by atoms with Gasteiger partial charge in [0, 0.05) is 44.9 Å². The highest BCUT2D eigenvalue weighted by atomic mass is 32.2. The summed E-state index contributed by atoms with van der Waals surface area (Å²) in [6.45, 7) is 7.15. The third-order valence-corrected chi connectivity index (χ3v) is 4.63. The highest BCUT2D eigenvalue weighted by molar-refractivity contribution is 7.99. The van der Waals surface area contributed by atoms with Gasteiger partial charge in [-0.1, -0.05) is 0 Å². The SMILES string of the molecule is COCCN(CCOC)CCSC1CCNCC1. The Morgan fingerprint density at radius 1 is 1.06 bits per heavy atom. The van der Waals surface area contributed by atoms with Crippen LogP contribution >= 0.6 is 11.8 Å². The highest BCUT2D eigenvalue weighted by Crippen LogP contribution is 2.19. The van der Waals surface area contributed by atoms with Crippen LogP contribution in [0.4, 0.5) is 0 Å². The fourth-order valence-corrected chi connectivity index (χ4v) is 3.35. The zero-order valence-electron chi connectivity index (χ0n) is 11.8. The fraction of sp³-hybridized carbons (Fsp3) is 1.00. The molecule has 0 bridgehead atoms. The fourth-order valence-electron chi connectivity index (χ4n) is 2.09. The Balaban J connectivity index is 2.10. The van der Waals surface area contributed by atoms with E-state index in [1.807, 2.05) is 0 Å². The third-order valence-electron chi connectivity index (χ3n) is 3.27. The molecular weight excluding hydrogens is 248 g/mol. The molecular formula is C13H28N2O2S. The van der Waals surface area contributed by atoms with E-state index in [0.29, 0.717) is 0 Å². The summed E-state index contributed by atoms with van der Waals surface area (Å²) in [7, 11) is 3.52. The zero-order chi connectivity index (χ0) is 13.1. The van der Waals surface area contributed by atoms with Gasteiger partial charge in [0.1, 0.15) is 0 Å². The molecule has 5 heteroatoms. The summed E-state index contributed by atoms with van der Waals surface area (Å²) in [6, 6.07) is 0. The number of hydrogen-bond acceptors (Lipinski definition) is 5. The summed E-state index contributed by atoms with van der Waals surface area (Å²) in [5.74, 6) is 1.22. The van der Waals surface area contributed by atoms with Crippen LogP contribution in [0.2, 0.25) is 0 Å². The van der Waals surface area contributed by atoms with E-state index in [4.69, 9.17) is 9.47 Å². The molecule has 0 aromatic carbocycles. The number of hydrogen-bond donors (Lipinski definition) is 1. The molecule has 1 saturated heterocycles. The molecule has 1 aliphatic heterocycles. The largest absolute Gasteiger partial charge is 0.383 e. The van der Waals surface area contributed by atoms with Gasteiger partial charge in [-0.15, -0.1) is 0 Å². The molecule has 1 fully saturated rings. The van der Waals surface area contributed by atoms with Gasteiger partial charge in [-0.25, -0.2) is 0 Å². The van der Waals surface area contributed by atoms with Crippen LogP contribution in [-0.4, -0.2) is 76.1 Å². The smallest absolute Gasteiger partial charge is 0.0589 e. The van der Waals surface area contributed by atoms with Gasteiger partial charge in [0.15, 0.2) is 0 Å². The van der Waals surface area contributed by atoms with Crippen LogP contribution in [0.1, 0.15) is 12.8 Å². The Morgan fingerprint density at radius 2 is 1.67 bits per heavy atom. The summed E-state index contributed by atoms with van der Waals surface area (Å²) >= 11 is 2.13. The molecule has 1 heterocycles. The first-order valence-corrected chi connectivity index (χ1v) is 7.94. The van der Waals surface area contributed by atoms with Crippen molar-refractivity contribution >= 4 is 11.8 Å². The number of rotatable bonds is 10.